The molecular weight excluding hydrogens is 331 g/mol. The van der Waals surface area contributed by atoms with Crippen molar-refractivity contribution in [2.24, 2.45) is 0 Å². The van der Waals surface area contributed by atoms with Crippen molar-refractivity contribution >= 4 is 12.6 Å². The topological polar surface area (TPSA) is 18.5 Å². The Morgan fingerprint density at radius 1 is 0.593 bits per heavy atom. The van der Waals surface area contributed by atoms with E-state index in [0.29, 0.717) is 0 Å². The van der Waals surface area contributed by atoms with Gasteiger partial charge in [-0.25, -0.2) is 0 Å². The van der Waals surface area contributed by atoms with Gasteiger partial charge in [-0.3, -0.25) is 0 Å². The van der Waals surface area contributed by atoms with Gasteiger partial charge in [-0.05, 0) is 55.4 Å². The van der Waals surface area contributed by atoms with Crippen LogP contribution in [-0.4, -0.2) is 18.3 Å². The van der Waals surface area contributed by atoms with Gasteiger partial charge in [-0.2, -0.15) is 0 Å². The minimum atomic E-state index is -0.395. The van der Waals surface area contributed by atoms with Crippen LogP contribution in [0.2, 0.25) is 0 Å². The first-order valence-electron chi connectivity index (χ1n) is 9.48. The van der Waals surface area contributed by atoms with Crippen LogP contribution in [0, 0.1) is 0 Å². The van der Waals surface area contributed by atoms with E-state index < -0.39 is 7.12 Å². The number of hydrogen-bond acceptors (Lipinski definition) is 2. The highest BCUT2D eigenvalue weighted by Crippen LogP contribution is 2.37. The molecule has 2 nitrogen and oxygen atoms in total. The third-order valence-corrected chi connectivity index (χ3v) is 5.75. The van der Waals surface area contributed by atoms with E-state index in [-0.39, 0.29) is 11.2 Å². The van der Waals surface area contributed by atoms with Crippen molar-refractivity contribution in [3.8, 4) is 22.3 Å². The fourth-order valence-corrected chi connectivity index (χ4v) is 3.42. The molecule has 3 aromatic carbocycles. The first-order valence-corrected chi connectivity index (χ1v) is 9.48. The van der Waals surface area contributed by atoms with E-state index in [2.05, 4.69) is 94.4 Å². The zero-order chi connectivity index (χ0) is 19.1. The summed E-state index contributed by atoms with van der Waals surface area (Å²) in [5.74, 6) is 0. The lowest BCUT2D eigenvalue weighted by atomic mass is 9.73. The standard InChI is InChI=1S/C24H25BO2/c1-23(2)24(3,4)27-25(26-23)22-17-20(18-11-7-5-8-12-18)15-16-21(22)19-13-9-6-10-14-19/h5-17H,1-4H3. The normalized spacial score (nSPS) is 17.9. The Kier molecular flexibility index (Phi) is 4.45. The monoisotopic (exact) mass is 356 g/mol. The molecular formula is C24H25BO2. The van der Waals surface area contributed by atoms with Gasteiger partial charge in [0.05, 0.1) is 11.2 Å². The van der Waals surface area contributed by atoms with Crippen molar-refractivity contribution in [1.82, 2.24) is 0 Å². The number of hydrogen-bond donors (Lipinski definition) is 0. The Morgan fingerprint density at radius 2 is 1.11 bits per heavy atom. The van der Waals surface area contributed by atoms with Gasteiger partial charge in [0.2, 0.25) is 0 Å². The molecule has 0 unspecified atom stereocenters. The molecule has 0 atom stereocenters. The predicted octanol–water partition coefficient (Wildman–Crippen LogP) is 5.32. The molecule has 136 valence electrons. The summed E-state index contributed by atoms with van der Waals surface area (Å²) < 4.78 is 12.8. The summed E-state index contributed by atoms with van der Waals surface area (Å²) in [4.78, 5) is 0. The number of benzene rings is 3. The second-order valence-corrected chi connectivity index (χ2v) is 8.12. The minimum Gasteiger partial charge on any atom is -0.399 e. The Hall–Kier alpha value is -2.36. The van der Waals surface area contributed by atoms with Crippen LogP contribution in [0.4, 0.5) is 0 Å². The molecule has 0 N–H and O–H groups in total. The fourth-order valence-electron chi connectivity index (χ4n) is 3.42. The molecule has 1 heterocycles. The third-order valence-electron chi connectivity index (χ3n) is 5.75. The Bertz CT molecular complexity index is 917. The first kappa shape index (κ1) is 18.0. The molecule has 0 aromatic heterocycles. The summed E-state index contributed by atoms with van der Waals surface area (Å²) in [7, 11) is -0.395. The summed E-state index contributed by atoms with van der Waals surface area (Å²) in [6.07, 6.45) is 0. The van der Waals surface area contributed by atoms with Crippen molar-refractivity contribution in [3.63, 3.8) is 0 Å². The van der Waals surface area contributed by atoms with Gasteiger partial charge in [0.1, 0.15) is 0 Å². The Balaban J connectivity index is 1.84. The van der Waals surface area contributed by atoms with Crippen molar-refractivity contribution in [3.05, 3.63) is 78.9 Å². The molecule has 1 aliphatic rings. The highest BCUT2D eigenvalue weighted by Gasteiger charge is 2.52. The van der Waals surface area contributed by atoms with E-state index in [9.17, 15) is 0 Å². The van der Waals surface area contributed by atoms with Crippen LogP contribution in [0.3, 0.4) is 0 Å². The molecule has 3 aromatic rings. The fraction of sp³-hybridized carbons (Fsp3) is 0.250. The molecule has 0 saturated carbocycles. The zero-order valence-electron chi connectivity index (χ0n) is 16.4. The summed E-state index contributed by atoms with van der Waals surface area (Å²) in [5.41, 5.74) is 5.01. The van der Waals surface area contributed by atoms with Crippen molar-refractivity contribution < 1.29 is 9.31 Å². The van der Waals surface area contributed by atoms with Gasteiger partial charge < -0.3 is 9.31 Å². The van der Waals surface area contributed by atoms with Crippen molar-refractivity contribution in [1.29, 1.82) is 0 Å². The lowest BCUT2D eigenvalue weighted by Crippen LogP contribution is -2.41. The van der Waals surface area contributed by atoms with Gasteiger partial charge in [0.15, 0.2) is 0 Å². The van der Waals surface area contributed by atoms with Gasteiger partial charge >= 0.3 is 7.12 Å². The molecule has 1 fully saturated rings. The second-order valence-electron chi connectivity index (χ2n) is 8.12. The van der Waals surface area contributed by atoms with Crippen LogP contribution in [-0.2, 0) is 9.31 Å². The van der Waals surface area contributed by atoms with E-state index in [1.807, 2.05) is 12.1 Å². The van der Waals surface area contributed by atoms with Crippen molar-refractivity contribution in [2.45, 2.75) is 38.9 Å². The van der Waals surface area contributed by atoms with Crippen LogP contribution >= 0.6 is 0 Å². The lowest BCUT2D eigenvalue weighted by molar-refractivity contribution is 0.00578. The second kappa shape index (κ2) is 6.67. The quantitative estimate of drug-likeness (QED) is 0.592. The van der Waals surface area contributed by atoms with Gasteiger partial charge in [0.25, 0.3) is 0 Å². The third kappa shape index (κ3) is 3.33. The largest absolute Gasteiger partial charge is 0.495 e. The van der Waals surface area contributed by atoms with Crippen LogP contribution in [0.5, 0.6) is 0 Å². The van der Waals surface area contributed by atoms with E-state index in [0.717, 1.165) is 11.0 Å². The van der Waals surface area contributed by atoms with Crippen LogP contribution in [0.25, 0.3) is 22.3 Å². The molecule has 27 heavy (non-hydrogen) atoms. The molecule has 3 heteroatoms. The lowest BCUT2D eigenvalue weighted by Gasteiger charge is -2.32. The molecule has 4 rings (SSSR count). The van der Waals surface area contributed by atoms with E-state index in [1.165, 1.54) is 16.7 Å². The van der Waals surface area contributed by atoms with Crippen LogP contribution in [0.15, 0.2) is 78.9 Å². The van der Waals surface area contributed by atoms with E-state index in [4.69, 9.17) is 9.31 Å². The van der Waals surface area contributed by atoms with Crippen LogP contribution < -0.4 is 5.46 Å². The summed E-state index contributed by atoms with van der Waals surface area (Å²) in [5, 5.41) is 0. The average Bonchev–Trinajstić information content (AvgIpc) is 2.90. The average molecular weight is 356 g/mol. The molecule has 1 aliphatic heterocycles. The Morgan fingerprint density at radius 3 is 1.67 bits per heavy atom. The summed E-state index contributed by atoms with van der Waals surface area (Å²) in [6.45, 7) is 8.37. The van der Waals surface area contributed by atoms with Gasteiger partial charge in [-0.15, -0.1) is 0 Å². The summed E-state index contributed by atoms with van der Waals surface area (Å²) in [6, 6.07) is 27.4. The predicted molar refractivity (Wildman–Crippen MR) is 113 cm³/mol. The summed E-state index contributed by atoms with van der Waals surface area (Å²) >= 11 is 0. The SMILES string of the molecule is CC1(C)OB(c2cc(-c3ccccc3)ccc2-c2ccccc2)OC1(C)C. The maximum Gasteiger partial charge on any atom is 0.495 e. The molecule has 0 amide bonds. The maximum absolute atomic E-state index is 6.38. The van der Waals surface area contributed by atoms with Gasteiger partial charge in [0, 0.05) is 0 Å². The van der Waals surface area contributed by atoms with Crippen LogP contribution in [0.1, 0.15) is 27.7 Å². The van der Waals surface area contributed by atoms with E-state index in [1.54, 1.807) is 0 Å². The van der Waals surface area contributed by atoms with E-state index >= 15 is 0 Å². The minimum absolute atomic E-state index is 0.367. The van der Waals surface area contributed by atoms with Crippen molar-refractivity contribution in [2.75, 3.05) is 0 Å². The zero-order valence-corrected chi connectivity index (χ0v) is 16.4. The molecule has 0 bridgehead atoms. The maximum atomic E-state index is 6.38. The smallest absolute Gasteiger partial charge is 0.399 e. The highest BCUT2D eigenvalue weighted by atomic mass is 16.7. The number of rotatable bonds is 3. The molecule has 0 aliphatic carbocycles. The van der Waals surface area contributed by atoms with Gasteiger partial charge in [-0.1, -0.05) is 78.9 Å². The first-order chi connectivity index (χ1) is 12.9. The molecule has 1 saturated heterocycles. The molecule has 0 radical (unpaired) electrons. The Labute approximate surface area is 162 Å². The molecule has 0 spiro atoms. The highest BCUT2D eigenvalue weighted by molar-refractivity contribution is 6.64.